The van der Waals surface area contributed by atoms with Crippen molar-refractivity contribution in [3.8, 4) is 0 Å². The van der Waals surface area contributed by atoms with Crippen LogP contribution in [-0.2, 0) is 16.1 Å². The zero-order chi connectivity index (χ0) is 12.5. The van der Waals surface area contributed by atoms with Crippen LogP contribution in [-0.4, -0.2) is 15.9 Å². The van der Waals surface area contributed by atoms with E-state index in [1.54, 1.807) is 6.20 Å². The fourth-order valence-electron chi connectivity index (χ4n) is 2.05. The molecule has 4 heteroatoms. The smallest absolute Gasteiger partial charge is 0.303 e. The van der Waals surface area contributed by atoms with E-state index >= 15 is 0 Å². The summed E-state index contributed by atoms with van der Waals surface area (Å²) in [4.78, 5) is 18.4. The van der Waals surface area contributed by atoms with Crippen LogP contribution in [0, 0.1) is 0 Å². The van der Waals surface area contributed by atoms with Gasteiger partial charge in [0, 0.05) is 23.2 Å². The first kappa shape index (κ1) is 10.8. The molecule has 90 valence electrons. The molecule has 3 aromatic rings. The molecule has 0 saturated carbocycles. The highest BCUT2D eigenvalue weighted by atomic mass is 16.5. The SMILES string of the molecule is CC(=O)OCc1cc2c(cn1)[nH]c1ccccc12. The Kier molecular flexibility index (Phi) is 2.48. The number of aromatic amines is 1. The van der Waals surface area contributed by atoms with Crippen molar-refractivity contribution in [2.45, 2.75) is 13.5 Å². The highest BCUT2D eigenvalue weighted by Gasteiger charge is 2.06. The average Bonchev–Trinajstić information content (AvgIpc) is 2.74. The number of pyridine rings is 1. The highest BCUT2D eigenvalue weighted by Crippen LogP contribution is 2.25. The zero-order valence-electron chi connectivity index (χ0n) is 9.93. The van der Waals surface area contributed by atoms with Crippen molar-refractivity contribution in [1.82, 2.24) is 9.97 Å². The third kappa shape index (κ3) is 1.82. The fraction of sp³-hybridized carbons (Fsp3) is 0.143. The molecule has 0 amide bonds. The number of esters is 1. The molecule has 0 unspecified atom stereocenters. The number of hydrogen-bond donors (Lipinski definition) is 1. The number of carbonyl (C=O) groups excluding carboxylic acids is 1. The third-order valence-electron chi connectivity index (χ3n) is 2.87. The van der Waals surface area contributed by atoms with E-state index in [-0.39, 0.29) is 12.6 Å². The number of nitrogens with one attached hydrogen (secondary N) is 1. The molecule has 0 bridgehead atoms. The molecule has 0 aliphatic heterocycles. The molecule has 3 rings (SSSR count). The van der Waals surface area contributed by atoms with E-state index in [2.05, 4.69) is 16.0 Å². The van der Waals surface area contributed by atoms with Crippen LogP contribution in [0.15, 0.2) is 36.5 Å². The topological polar surface area (TPSA) is 55.0 Å². The number of H-pyrrole nitrogens is 1. The van der Waals surface area contributed by atoms with Gasteiger partial charge in [0.15, 0.2) is 0 Å². The highest BCUT2D eigenvalue weighted by molar-refractivity contribution is 6.06. The van der Waals surface area contributed by atoms with Crippen LogP contribution in [0.3, 0.4) is 0 Å². The number of nitrogens with zero attached hydrogens (tertiary/aromatic N) is 1. The van der Waals surface area contributed by atoms with E-state index in [0.717, 1.165) is 27.5 Å². The van der Waals surface area contributed by atoms with Crippen molar-refractivity contribution in [2.24, 2.45) is 0 Å². The van der Waals surface area contributed by atoms with Gasteiger partial charge in [-0.05, 0) is 12.1 Å². The van der Waals surface area contributed by atoms with Crippen LogP contribution in [0.5, 0.6) is 0 Å². The summed E-state index contributed by atoms with van der Waals surface area (Å²) >= 11 is 0. The average molecular weight is 240 g/mol. The Balaban J connectivity index is 2.09. The summed E-state index contributed by atoms with van der Waals surface area (Å²) < 4.78 is 4.95. The van der Waals surface area contributed by atoms with Crippen molar-refractivity contribution in [1.29, 1.82) is 0 Å². The maximum absolute atomic E-state index is 10.8. The van der Waals surface area contributed by atoms with Crippen molar-refractivity contribution < 1.29 is 9.53 Å². The Morgan fingerprint density at radius 1 is 1.28 bits per heavy atom. The molecule has 4 nitrogen and oxygen atoms in total. The first-order chi connectivity index (χ1) is 8.74. The van der Waals surface area contributed by atoms with Crippen LogP contribution >= 0.6 is 0 Å². The molecule has 0 fully saturated rings. The van der Waals surface area contributed by atoms with Gasteiger partial charge in [0.05, 0.1) is 17.4 Å². The molecule has 1 aromatic carbocycles. The van der Waals surface area contributed by atoms with Crippen LogP contribution in [0.4, 0.5) is 0 Å². The minimum Gasteiger partial charge on any atom is -0.459 e. The lowest BCUT2D eigenvalue weighted by molar-refractivity contribution is -0.142. The number of rotatable bonds is 2. The van der Waals surface area contributed by atoms with Gasteiger partial charge in [0.1, 0.15) is 6.61 Å². The molecule has 0 aliphatic carbocycles. The largest absolute Gasteiger partial charge is 0.459 e. The Morgan fingerprint density at radius 2 is 2.11 bits per heavy atom. The monoisotopic (exact) mass is 240 g/mol. The molecule has 2 aromatic heterocycles. The predicted molar refractivity (Wildman–Crippen MR) is 69.1 cm³/mol. The molecule has 0 radical (unpaired) electrons. The molecule has 18 heavy (non-hydrogen) atoms. The van der Waals surface area contributed by atoms with Crippen LogP contribution in [0.2, 0.25) is 0 Å². The minimum absolute atomic E-state index is 0.213. The predicted octanol–water partition coefficient (Wildman–Crippen LogP) is 2.78. The first-order valence-corrected chi connectivity index (χ1v) is 5.73. The molecule has 1 N–H and O–H groups in total. The molecule has 0 spiro atoms. The summed E-state index contributed by atoms with van der Waals surface area (Å²) in [5, 5.41) is 2.25. The van der Waals surface area contributed by atoms with E-state index in [4.69, 9.17) is 4.74 Å². The van der Waals surface area contributed by atoms with E-state index in [1.165, 1.54) is 6.92 Å². The summed E-state index contributed by atoms with van der Waals surface area (Å²) in [5.41, 5.74) is 2.82. The number of aromatic nitrogens is 2. The van der Waals surface area contributed by atoms with Gasteiger partial charge in [0.25, 0.3) is 0 Å². The molecule has 0 atom stereocenters. The Bertz CT molecular complexity index is 731. The van der Waals surface area contributed by atoms with E-state index < -0.39 is 0 Å². The van der Waals surface area contributed by atoms with E-state index in [0.29, 0.717) is 0 Å². The Labute approximate surface area is 104 Å². The van der Waals surface area contributed by atoms with Crippen LogP contribution < -0.4 is 0 Å². The van der Waals surface area contributed by atoms with Crippen molar-refractivity contribution in [3.05, 3.63) is 42.2 Å². The van der Waals surface area contributed by atoms with E-state index in [9.17, 15) is 4.79 Å². The summed E-state index contributed by atoms with van der Waals surface area (Å²) in [6.45, 7) is 1.61. The van der Waals surface area contributed by atoms with Gasteiger partial charge in [-0.15, -0.1) is 0 Å². The molecular weight excluding hydrogens is 228 g/mol. The van der Waals surface area contributed by atoms with Crippen molar-refractivity contribution >= 4 is 27.8 Å². The summed E-state index contributed by atoms with van der Waals surface area (Å²) in [5.74, 6) is -0.296. The minimum atomic E-state index is -0.296. The van der Waals surface area contributed by atoms with Gasteiger partial charge in [0.2, 0.25) is 0 Å². The number of ether oxygens (including phenoxy) is 1. The molecule has 0 aliphatic rings. The van der Waals surface area contributed by atoms with Crippen molar-refractivity contribution in [3.63, 3.8) is 0 Å². The number of carbonyl (C=O) groups is 1. The summed E-state index contributed by atoms with van der Waals surface area (Å²) in [6.07, 6.45) is 1.77. The Hall–Kier alpha value is -2.36. The Morgan fingerprint density at radius 3 is 2.94 bits per heavy atom. The van der Waals surface area contributed by atoms with Crippen LogP contribution in [0.1, 0.15) is 12.6 Å². The number of benzene rings is 1. The number of hydrogen-bond acceptors (Lipinski definition) is 3. The normalized spacial score (nSPS) is 10.9. The standard InChI is InChI=1S/C14H12N2O2/c1-9(17)18-8-10-6-12-11-4-2-3-5-13(11)16-14(12)7-15-10/h2-7,16H,8H2,1H3. The van der Waals surface area contributed by atoms with Gasteiger partial charge in [-0.2, -0.15) is 0 Å². The lowest BCUT2D eigenvalue weighted by atomic mass is 10.2. The van der Waals surface area contributed by atoms with Gasteiger partial charge in [-0.1, -0.05) is 18.2 Å². The number of para-hydroxylation sites is 1. The van der Waals surface area contributed by atoms with Crippen molar-refractivity contribution in [2.75, 3.05) is 0 Å². The van der Waals surface area contributed by atoms with Crippen LogP contribution in [0.25, 0.3) is 21.8 Å². The maximum atomic E-state index is 10.8. The molecule has 0 saturated heterocycles. The second kappa shape index (κ2) is 4.14. The van der Waals surface area contributed by atoms with Gasteiger partial charge in [-0.25, -0.2) is 0 Å². The third-order valence-corrected chi connectivity index (χ3v) is 2.87. The van der Waals surface area contributed by atoms with E-state index in [1.807, 2.05) is 24.3 Å². The number of fused-ring (bicyclic) bond motifs is 3. The quantitative estimate of drug-likeness (QED) is 0.701. The maximum Gasteiger partial charge on any atom is 0.303 e. The zero-order valence-corrected chi connectivity index (χ0v) is 9.93. The van der Waals surface area contributed by atoms with Gasteiger partial charge in [-0.3, -0.25) is 9.78 Å². The second-order valence-corrected chi connectivity index (χ2v) is 4.17. The first-order valence-electron chi connectivity index (χ1n) is 5.73. The lowest BCUT2D eigenvalue weighted by Crippen LogP contribution is -2.00. The van der Waals surface area contributed by atoms with Gasteiger partial charge >= 0.3 is 5.97 Å². The molecular formula is C14H12N2O2. The molecule has 2 heterocycles. The fourth-order valence-corrected chi connectivity index (χ4v) is 2.05. The summed E-state index contributed by atoms with van der Waals surface area (Å²) in [7, 11) is 0. The summed E-state index contributed by atoms with van der Waals surface area (Å²) in [6, 6.07) is 10.0. The second-order valence-electron chi connectivity index (χ2n) is 4.17. The lowest BCUT2D eigenvalue weighted by Gasteiger charge is -2.01. The van der Waals surface area contributed by atoms with Gasteiger partial charge < -0.3 is 9.72 Å².